The largest absolute Gasteiger partial charge is 0.465 e. The lowest BCUT2D eigenvalue weighted by Gasteiger charge is -2.06. The van der Waals surface area contributed by atoms with Crippen LogP contribution >= 0.6 is 11.8 Å². The van der Waals surface area contributed by atoms with Crippen molar-refractivity contribution in [2.45, 2.75) is 5.16 Å². The Kier molecular flexibility index (Phi) is 5.90. The van der Waals surface area contributed by atoms with Gasteiger partial charge < -0.3 is 15.9 Å². The molecule has 8 nitrogen and oxygen atoms in total. The summed E-state index contributed by atoms with van der Waals surface area (Å²) >= 11 is 1.09. The fraction of sp³-hybridized carbons (Fsp3) is 0.111. The summed E-state index contributed by atoms with van der Waals surface area (Å²) in [6.45, 7) is 0. The number of nitrogens with two attached hydrogens (primary N) is 1. The summed E-state index contributed by atoms with van der Waals surface area (Å²) in [5, 5.41) is 10.9. The molecule has 2 aromatic carbocycles. The van der Waals surface area contributed by atoms with Crippen molar-refractivity contribution in [3.8, 4) is 11.4 Å². The Balaban J connectivity index is 1.60. The quantitative estimate of drug-likeness (QED) is 0.370. The summed E-state index contributed by atoms with van der Waals surface area (Å²) in [6, 6.07) is 12.1. The Hall–Kier alpha value is -3.40. The van der Waals surface area contributed by atoms with Gasteiger partial charge >= 0.3 is 5.97 Å². The number of thioether (sulfide) groups is 1. The first-order chi connectivity index (χ1) is 13.5. The van der Waals surface area contributed by atoms with Gasteiger partial charge in [0.1, 0.15) is 5.82 Å². The van der Waals surface area contributed by atoms with Crippen LogP contribution in [0.25, 0.3) is 11.4 Å². The number of methoxy groups -OCH3 is 1. The van der Waals surface area contributed by atoms with Crippen LogP contribution in [-0.2, 0) is 9.53 Å². The second-order valence-electron chi connectivity index (χ2n) is 5.59. The molecule has 0 fully saturated rings. The van der Waals surface area contributed by atoms with Crippen molar-refractivity contribution >= 4 is 29.3 Å². The predicted molar refractivity (Wildman–Crippen MR) is 103 cm³/mol. The molecule has 1 aromatic heterocycles. The van der Waals surface area contributed by atoms with E-state index in [2.05, 4.69) is 20.3 Å². The molecule has 0 aliphatic heterocycles. The molecule has 10 heteroatoms. The standard InChI is InChI=1S/C18H16FN5O3S/c1-27-17(26)11-5-7-14(8-6-11)21-15(25)10-28-18-23-22-16(24(18)20)12-3-2-4-13(19)9-12/h2-9H,10,20H2,1H3,(H,21,25). The van der Waals surface area contributed by atoms with E-state index in [-0.39, 0.29) is 11.7 Å². The number of aromatic nitrogens is 3. The molecule has 0 atom stereocenters. The number of carbonyl (C=O) groups is 2. The third-order valence-corrected chi connectivity index (χ3v) is 4.61. The summed E-state index contributed by atoms with van der Waals surface area (Å²) in [7, 11) is 1.30. The van der Waals surface area contributed by atoms with Gasteiger partial charge in [0.25, 0.3) is 0 Å². The SMILES string of the molecule is COC(=O)c1ccc(NC(=O)CSc2nnc(-c3cccc(F)c3)n2N)cc1. The zero-order valence-corrected chi connectivity index (χ0v) is 15.6. The average Bonchev–Trinajstić information content (AvgIpc) is 3.07. The molecule has 28 heavy (non-hydrogen) atoms. The Bertz CT molecular complexity index is 1010. The van der Waals surface area contributed by atoms with E-state index in [1.165, 1.54) is 23.9 Å². The van der Waals surface area contributed by atoms with E-state index in [9.17, 15) is 14.0 Å². The maximum Gasteiger partial charge on any atom is 0.337 e. The molecule has 0 saturated carbocycles. The number of nitrogens with one attached hydrogen (secondary N) is 1. The molecule has 0 saturated heterocycles. The summed E-state index contributed by atoms with van der Waals surface area (Å²) in [6.07, 6.45) is 0. The second-order valence-corrected chi connectivity index (χ2v) is 6.53. The summed E-state index contributed by atoms with van der Waals surface area (Å²) in [5.41, 5.74) is 1.40. The van der Waals surface area contributed by atoms with E-state index >= 15 is 0 Å². The van der Waals surface area contributed by atoms with Gasteiger partial charge in [0, 0.05) is 11.3 Å². The van der Waals surface area contributed by atoms with Crippen LogP contribution in [0.2, 0.25) is 0 Å². The molecule has 0 radical (unpaired) electrons. The lowest BCUT2D eigenvalue weighted by molar-refractivity contribution is -0.113. The number of amides is 1. The number of nitrogen functional groups attached to an aromatic ring is 1. The highest BCUT2D eigenvalue weighted by Gasteiger charge is 2.14. The molecule has 0 aliphatic rings. The summed E-state index contributed by atoms with van der Waals surface area (Å²) < 4.78 is 19.2. The van der Waals surface area contributed by atoms with Gasteiger partial charge in [0.2, 0.25) is 11.1 Å². The third-order valence-electron chi connectivity index (χ3n) is 3.67. The maximum atomic E-state index is 13.4. The zero-order chi connectivity index (χ0) is 20.1. The molecule has 0 bridgehead atoms. The summed E-state index contributed by atoms with van der Waals surface area (Å²) in [4.78, 5) is 23.5. The van der Waals surface area contributed by atoms with Gasteiger partial charge in [-0.3, -0.25) is 4.79 Å². The van der Waals surface area contributed by atoms with Crippen LogP contribution < -0.4 is 11.2 Å². The minimum absolute atomic E-state index is 0.0389. The minimum Gasteiger partial charge on any atom is -0.465 e. The minimum atomic E-state index is -0.454. The lowest BCUT2D eigenvalue weighted by atomic mass is 10.2. The number of benzene rings is 2. The van der Waals surface area contributed by atoms with Crippen LogP contribution in [0, 0.1) is 5.82 Å². The van der Waals surface area contributed by atoms with Crippen LogP contribution in [0.5, 0.6) is 0 Å². The van der Waals surface area contributed by atoms with Crippen molar-refractivity contribution < 1.29 is 18.7 Å². The number of halogens is 1. The van der Waals surface area contributed by atoms with E-state index in [0.29, 0.717) is 27.8 Å². The van der Waals surface area contributed by atoms with Gasteiger partial charge in [-0.2, -0.15) is 0 Å². The Morgan fingerprint density at radius 3 is 2.64 bits per heavy atom. The monoisotopic (exact) mass is 401 g/mol. The number of carbonyl (C=O) groups excluding carboxylic acids is 2. The number of rotatable bonds is 6. The van der Waals surface area contributed by atoms with Gasteiger partial charge in [-0.15, -0.1) is 10.2 Å². The number of esters is 1. The topological polar surface area (TPSA) is 112 Å². The van der Waals surface area contributed by atoms with Crippen molar-refractivity contribution in [2.75, 3.05) is 24.0 Å². The molecule has 0 unspecified atom stereocenters. The average molecular weight is 401 g/mol. The van der Waals surface area contributed by atoms with Crippen LogP contribution in [0.1, 0.15) is 10.4 Å². The van der Waals surface area contributed by atoms with E-state index in [1.54, 1.807) is 36.4 Å². The predicted octanol–water partition coefficient (Wildman–Crippen LogP) is 2.32. The van der Waals surface area contributed by atoms with E-state index < -0.39 is 11.8 Å². The van der Waals surface area contributed by atoms with Gasteiger partial charge in [-0.25, -0.2) is 13.9 Å². The van der Waals surface area contributed by atoms with E-state index in [0.717, 1.165) is 11.8 Å². The number of hydrogen-bond acceptors (Lipinski definition) is 7. The highest BCUT2D eigenvalue weighted by atomic mass is 32.2. The van der Waals surface area contributed by atoms with Gasteiger partial charge in [0.05, 0.1) is 18.4 Å². The van der Waals surface area contributed by atoms with Gasteiger partial charge in [-0.05, 0) is 36.4 Å². The van der Waals surface area contributed by atoms with Crippen LogP contribution in [0.15, 0.2) is 53.7 Å². The first-order valence-electron chi connectivity index (χ1n) is 8.05. The van der Waals surface area contributed by atoms with Crippen molar-refractivity contribution in [1.29, 1.82) is 0 Å². The zero-order valence-electron chi connectivity index (χ0n) is 14.8. The van der Waals surface area contributed by atoms with Crippen LogP contribution in [-0.4, -0.2) is 39.6 Å². The van der Waals surface area contributed by atoms with Crippen LogP contribution in [0.3, 0.4) is 0 Å². The third kappa shape index (κ3) is 4.46. The van der Waals surface area contributed by atoms with Crippen molar-refractivity contribution in [1.82, 2.24) is 14.9 Å². The van der Waals surface area contributed by atoms with Crippen LogP contribution in [0.4, 0.5) is 10.1 Å². The molecule has 0 aliphatic carbocycles. The molecule has 1 amide bonds. The molecule has 144 valence electrons. The Morgan fingerprint density at radius 2 is 1.96 bits per heavy atom. The second kappa shape index (κ2) is 8.53. The Morgan fingerprint density at radius 1 is 1.21 bits per heavy atom. The normalized spacial score (nSPS) is 10.5. The van der Waals surface area contributed by atoms with Crippen molar-refractivity contribution in [2.24, 2.45) is 0 Å². The fourth-order valence-corrected chi connectivity index (χ4v) is 2.99. The lowest BCUT2D eigenvalue weighted by Crippen LogP contribution is -2.16. The maximum absolute atomic E-state index is 13.4. The first-order valence-corrected chi connectivity index (χ1v) is 9.04. The molecular weight excluding hydrogens is 385 g/mol. The molecule has 3 aromatic rings. The van der Waals surface area contributed by atoms with E-state index in [4.69, 9.17) is 5.84 Å². The first kappa shape index (κ1) is 19.4. The molecule has 1 heterocycles. The number of nitrogens with zero attached hydrogens (tertiary/aromatic N) is 3. The highest BCUT2D eigenvalue weighted by Crippen LogP contribution is 2.22. The van der Waals surface area contributed by atoms with E-state index in [1.807, 2.05) is 0 Å². The number of anilines is 1. The number of ether oxygens (including phenoxy) is 1. The Labute approximate surface area is 163 Å². The smallest absolute Gasteiger partial charge is 0.337 e. The number of hydrogen-bond donors (Lipinski definition) is 2. The molecular formula is C18H16FN5O3S. The fourth-order valence-electron chi connectivity index (χ4n) is 2.33. The van der Waals surface area contributed by atoms with Crippen molar-refractivity contribution in [3.05, 3.63) is 59.9 Å². The van der Waals surface area contributed by atoms with Crippen molar-refractivity contribution in [3.63, 3.8) is 0 Å². The molecule has 0 spiro atoms. The highest BCUT2D eigenvalue weighted by molar-refractivity contribution is 7.99. The summed E-state index contributed by atoms with van der Waals surface area (Å²) in [5.74, 6) is 5.14. The van der Waals surface area contributed by atoms with Gasteiger partial charge in [0.15, 0.2) is 5.82 Å². The molecule has 3 rings (SSSR count). The molecule has 3 N–H and O–H groups in total. The van der Waals surface area contributed by atoms with Gasteiger partial charge in [-0.1, -0.05) is 23.9 Å².